The fourth-order valence-electron chi connectivity index (χ4n) is 1.63. The standard InChI is InChI=1S/C13H14OS2/c15-9-3-8-14-12-7-6-10-4-1-2-5-11(10)13(12)16/h1-2,4-7,15-16H,3,8-9H2/p+2. The summed E-state index contributed by atoms with van der Waals surface area (Å²) in [5, 5.41) is 2.41. The first-order valence-corrected chi connectivity index (χ1v) is 6.54. The van der Waals surface area contributed by atoms with Gasteiger partial charge in [-0.15, -0.1) is 0 Å². The molecule has 0 heterocycles. The summed E-state index contributed by atoms with van der Waals surface area (Å²) in [5.41, 5.74) is 0. The third kappa shape index (κ3) is 2.47. The molecule has 0 atom stereocenters. The van der Waals surface area contributed by atoms with Crippen LogP contribution < -0.4 is 4.74 Å². The fourth-order valence-corrected chi connectivity index (χ4v) is 2.15. The van der Waals surface area contributed by atoms with Crippen molar-refractivity contribution in [2.45, 2.75) is 11.3 Å². The maximum atomic E-state index is 5.71. The molecule has 0 bridgehead atoms. The monoisotopic (exact) mass is 252 g/mol. The van der Waals surface area contributed by atoms with Gasteiger partial charge < -0.3 is 4.74 Å². The second kappa shape index (κ2) is 5.51. The van der Waals surface area contributed by atoms with Crippen LogP contribution in [0.15, 0.2) is 41.3 Å². The second-order valence-electron chi connectivity index (χ2n) is 3.61. The molecule has 1 nitrogen and oxygen atoms in total. The highest BCUT2D eigenvalue weighted by atomic mass is 32.1. The van der Waals surface area contributed by atoms with Crippen LogP contribution in [0.25, 0.3) is 10.8 Å². The van der Waals surface area contributed by atoms with Gasteiger partial charge in [0.05, 0.1) is 6.61 Å². The van der Waals surface area contributed by atoms with Gasteiger partial charge in [-0.3, -0.25) is 0 Å². The van der Waals surface area contributed by atoms with Crippen LogP contribution in [0.5, 0.6) is 5.75 Å². The number of hydrogen-bond donors (Lipinski definition) is 0. The molecule has 2 aromatic carbocycles. The second-order valence-corrected chi connectivity index (χ2v) is 4.61. The number of benzene rings is 2. The van der Waals surface area contributed by atoms with Crippen molar-refractivity contribution in [1.82, 2.24) is 0 Å². The Hall–Kier alpha value is -0.800. The zero-order chi connectivity index (χ0) is 11.4. The molecular weight excluding hydrogens is 236 g/mol. The van der Waals surface area contributed by atoms with Crippen LogP contribution in [0.1, 0.15) is 6.42 Å². The summed E-state index contributed by atoms with van der Waals surface area (Å²) in [4.78, 5) is 1.03. The lowest BCUT2D eigenvalue weighted by Crippen LogP contribution is -2.00. The summed E-state index contributed by atoms with van der Waals surface area (Å²) in [6, 6.07) is 12.4. The van der Waals surface area contributed by atoms with E-state index in [1.807, 2.05) is 18.2 Å². The predicted molar refractivity (Wildman–Crippen MR) is 77.5 cm³/mol. The van der Waals surface area contributed by atoms with Gasteiger partial charge in [0.25, 0.3) is 0 Å². The minimum atomic E-state index is 0.735. The lowest BCUT2D eigenvalue weighted by Gasteiger charge is -2.06. The first kappa shape index (κ1) is 11.7. The lowest BCUT2D eigenvalue weighted by atomic mass is 10.1. The van der Waals surface area contributed by atoms with Crippen molar-refractivity contribution in [3.8, 4) is 5.75 Å². The molecule has 0 aromatic heterocycles. The van der Waals surface area contributed by atoms with Gasteiger partial charge in [0.1, 0.15) is 5.75 Å². The van der Waals surface area contributed by atoms with Crippen LogP contribution in [0.2, 0.25) is 0 Å². The van der Waals surface area contributed by atoms with Crippen molar-refractivity contribution in [2.75, 3.05) is 12.4 Å². The van der Waals surface area contributed by atoms with Crippen LogP contribution >= 0.6 is 0 Å². The van der Waals surface area contributed by atoms with Crippen LogP contribution in [0.4, 0.5) is 0 Å². The SMILES string of the molecule is [SH2+]CCCOc1ccc2ccccc2c1[SH2+]. The molecule has 0 aliphatic carbocycles. The van der Waals surface area contributed by atoms with Crippen molar-refractivity contribution < 1.29 is 4.74 Å². The summed E-state index contributed by atoms with van der Waals surface area (Å²) in [7, 11) is 0. The normalized spacial score (nSPS) is 10.6. The van der Waals surface area contributed by atoms with Gasteiger partial charge in [0.2, 0.25) is 0 Å². The molecule has 0 saturated heterocycles. The van der Waals surface area contributed by atoms with Gasteiger partial charge in [-0.25, -0.2) is 0 Å². The largest absolute Gasteiger partial charge is 0.488 e. The number of fused-ring (bicyclic) bond motifs is 1. The van der Waals surface area contributed by atoms with E-state index < -0.39 is 0 Å². The summed E-state index contributed by atoms with van der Waals surface area (Å²) in [5.74, 6) is 1.88. The molecule has 0 unspecified atom stereocenters. The van der Waals surface area contributed by atoms with Crippen molar-refractivity contribution in [3.05, 3.63) is 36.4 Å². The highest BCUT2D eigenvalue weighted by Crippen LogP contribution is 2.27. The molecule has 0 fully saturated rings. The van der Waals surface area contributed by atoms with E-state index in [-0.39, 0.29) is 0 Å². The molecule has 2 rings (SSSR count). The molecule has 0 spiro atoms. The Morgan fingerprint density at radius 1 is 1.06 bits per heavy atom. The molecule has 0 radical (unpaired) electrons. The molecule has 16 heavy (non-hydrogen) atoms. The topological polar surface area (TPSA) is 9.23 Å². The quantitative estimate of drug-likeness (QED) is 0.597. The van der Waals surface area contributed by atoms with Crippen molar-refractivity contribution >= 4 is 36.0 Å². The van der Waals surface area contributed by atoms with Crippen molar-refractivity contribution in [3.63, 3.8) is 0 Å². The third-order valence-electron chi connectivity index (χ3n) is 2.47. The van der Waals surface area contributed by atoms with Crippen molar-refractivity contribution in [1.29, 1.82) is 0 Å². The molecule has 0 aliphatic heterocycles. The highest BCUT2D eigenvalue weighted by Gasteiger charge is 2.09. The van der Waals surface area contributed by atoms with E-state index in [1.54, 1.807) is 0 Å². The first-order chi connectivity index (χ1) is 7.83. The molecular formula is C13H16OS2+2. The van der Waals surface area contributed by atoms with Crippen LogP contribution in [-0.4, -0.2) is 12.4 Å². The Labute approximate surface area is 107 Å². The van der Waals surface area contributed by atoms with Gasteiger partial charge in [-0.05, 0) is 42.8 Å². The highest BCUT2D eigenvalue weighted by molar-refractivity contribution is 7.59. The fraction of sp³-hybridized carbons (Fsp3) is 0.231. The van der Waals surface area contributed by atoms with Gasteiger partial charge in [-0.1, -0.05) is 24.3 Å². The Bertz CT molecular complexity index is 482. The third-order valence-corrected chi connectivity index (χ3v) is 3.34. The Morgan fingerprint density at radius 2 is 1.88 bits per heavy atom. The van der Waals surface area contributed by atoms with Crippen LogP contribution in [-0.2, 0) is 25.3 Å². The number of hydrogen-bond acceptors (Lipinski definition) is 1. The van der Waals surface area contributed by atoms with Gasteiger partial charge in [0.15, 0.2) is 10.6 Å². The Kier molecular flexibility index (Phi) is 4.02. The van der Waals surface area contributed by atoms with E-state index in [4.69, 9.17) is 4.74 Å². The minimum absolute atomic E-state index is 0.735. The average molecular weight is 252 g/mol. The smallest absolute Gasteiger partial charge is 0.200 e. The Balaban J connectivity index is 2.29. The van der Waals surface area contributed by atoms with Crippen LogP contribution in [0.3, 0.4) is 0 Å². The molecule has 0 amide bonds. The lowest BCUT2D eigenvalue weighted by molar-refractivity contribution is 0.312. The van der Waals surface area contributed by atoms with E-state index >= 15 is 0 Å². The van der Waals surface area contributed by atoms with Gasteiger partial charge in [-0.2, -0.15) is 0 Å². The van der Waals surface area contributed by atoms with Crippen LogP contribution in [0, 0.1) is 0 Å². The van der Waals surface area contributed by atoms with E-state index in [0.717, 1.165) is 29.4 Å². The zero-order valence-electron chi connectivity index (χ0n) is 8.99. The molecule has 84 valence electrons. The molecule has 0 aliphatic rings. The minimum Gasteiger partial charge on any atom is -0.488 e. The maximum absolute atomic E-state index is 5.71. The average Bonchev–Trinajstić information content (AvgIpc) is 2.33. The van der Waals surface area contributed by atoms with Crippen molar-refractivity contribution in [2.24, 2.45) is 0 Å². The molecule has 0 N–H and O–H groups in total. The predicted octanol–water partition coefficient (Wildman–Crippen LogP) is 1.99. The number of rotatable bonds is 4. The summed E-state index contributed by atoms with van der Waals surface area (Å²) in [6.07, 6.45) is 1.01. The van der Waals surface area contributed by atoms with E-state index in [2.05, 4.69) is 43.5 Å². The Morgan fingerprint density at radius 3 is 2.69 bits per heavy atom. The summed E-state index contributed by atoms with van der Waals surface area (Å²) in [6.45, 7) is 0.735. The molecule has 2 aromatic rings. The zero-order valence-corrected chi connectivity index (χ0v) is 11.0. The van der Waals surface area contributed by atoms with E-state index in [0.29, 0.717) is 0 Å². The maximum Gasteiger partial charge on any atom is 0.200 e. The molecule has 0 saturated carbocycles. The summed E-state index contributed by atoms with van der Waals surface area (Å²) >= 11 is 7.09. The first-order valence-electron chi connectivity index (χ1n) is 5.33. The molecule has 3 heteroatoms. The number of ether oxygens (including phenoxy) is 1. The summed E-state index contributed by atoms with van der Waals surface area (Å²) < 4.78 is 5.71. The van der Waals surface area contributed by atoms with E-state index in [9.17, 15) is 0 Å². The van der Waals surface area contributed by atoms with Gasteiger partial charge >= 0.3 is 0 Å². The van der Waals surface area contributed by atoms with E-state index in [1.165, 1.54) is 10.8 Å². The van der Waals surface area contributed by atoms with Gasteiger partial charge in [0, 0.05) is 11.8 Å².